The number of benzene rings is 1. The smallest absolute Gasteiger partial charge is 0.343 e. The van der Waals surface area contributed by atoms with E-state index < -0.39 is 12.1 Å². The fourth-order valence-corrected chi connectivity index (χ4v) is 4.40. The highest BCUT2D eigenvalue weighted by atomic mass is 35.5. The summed E-state index contributed by atoms with van der Waals surface area (Å²) in [5, 5.41) is 4.62. The van der Waals surface area contributed by atoms with Crippen LogP contribution in [-0.4, -0.2) is 44.7 Å². The number of esters is 1. The predicted molar refractivity (Wildman–Crippen MR) is 117 cm³/mol. The number of amides is 1. The van der Waals surface area contributed by atoms with Crippen LogP contribution in [0.2, 0.25) is 5.15 Å². The Morgan fingerprint density at radius 3 is 2.37 bits per heavy atom. The molecule has 30 heavy (non-hydrogen) atoms. The first-order valence-electron chi connectivity index (χ1n) is 10.5. The van der Waals surface area contributed by atoms with Crippen molar-refractivity contribution in [3.8, 4) is 0 Å². The van der Waals surface area contributed by atoms with Gasteiger partial charge in [0.2, 0.25) is 0 Å². The number of nitrogens with zero attached hydrogens (tertiary/aromatic N) is 3. The van der Waals surface area contributed by atoms with Crippen LogP contribution in [-0.2, 0) is 16.1 Å². The molecular formula is C23H30ClN3O3. The van der Waals surface area contributed by atoms with Crippen molar-refractivity contribution in [3.63, 3.8) is 0 Å². The van der Waals surface area contributed by atoms with Crippen molar-refractivity contribution in [1.29, 1.82) is 0 Å². The molecule has 3 atom stereocenters. The summed E-state index contributed by atoms with van der Waals surface area (Å²) in [6.45, 7) is 9.89. The van der Waals surface area contributed by atoms with Gasteiger partial charge >= 0.3 is 5.97 Å². The molecule has 3 rings (SSSR count). The summed E-state index contributed by atoms with van der Waals surface area (Å²) in [4.78, 5) is 27.6. The van der Waals surface area contributed by atoms with Crippen molar-refractivity contribution < 1.29 is 14.3 Å². The molecular weight excluding hydrogens is 402 g/mol. The van der Waals surface area contributed by atoms with Gasteiger partial charge in [0.1, 0.15) is 10.7 Å². The number of rotatable bonds is 5. The summed E-state index contributed by atoms with van der Waals surface area (Å²) >= 11 is 6.47. The number of likely N-dealkylation sites (tertiary alicyclic amines) is 1. The van der Waals surface area contributed by atoms with Gasteiger partial charge in [-0.25, -0.2) is 9.48 Å². The maximum absolute atomic E-state index is 12.9. The van der Waals surface area contributed by atoms with Crippen molar-refractivity contribution in [2.75, 3.05) is 0 Å². The van der Waals surface area contributed by atoms with Crippen LogP contribution in [0.3, 0.4) is 0 Å². The fourth-order valence-electron chi connectivity index (χ4n) is 4.09. The minimum atomic E-state index is -0.878. The van der Waals surface area contributed by atoms with E-state index in [0.717, 1.165) is 24.8 Å². The zero-order valence-corrected chi connectivity index (χ0v) is 19.1. The Balaban J connectivity index is 1.72. The van der Waals surface area contributed by atoms with E-state index in [2.05, 4.69) is 5.10 Å². The Morgan fingerprint density at radius 1 is 1.17 bits per heavy atom. The zero-order chi connectivity index (χ0) is 22.0. The number of halogens is 1. The number of aryl methyl sites for hydroxylation is 2. The van der Waals surface area contributed by atoms with Gasteiger partial charge in [-0.15, -0.1) is 0 Å². The number of hydrogen-bond acceptors (Lipinski definition) is 4. The monoisotopic (exact) mass is 431 g/mol. The van der Waals surface area contributed by atoms with Crippen molar-refractivity contribution >= 4 is 23.5 Å². The first-order chi connectivity index (χ1) is 14.2. The van der Waals surface area contributed by atoms with Crippen LogP contribution >= 0.6 is 11.6 Å². The van der Waals surface area contributed by atoms with E-state index >= 15 is 0 Å². The average molecular weight is 432 g/mol. The topological polar surface area (TPSA) is 64.4 Å². The summed E-state index contributed by atoms with van der Waals surface area (Å²) in [5.41, 5.74) is 2.89. The number of aromatic nitrogens is 2. The van der Waals surface area contributed by atoms with Gasteiger partial charge in [-0.2, -0.15) is 5.10 Å². The van der Waals surface area contributed by atoms with Crippen LogP contribution < -0.4 is 0 Å². The number of hydrogen-bond donors (Lipinski definition) is 0. The molecule has 1 aliphatic heterocycles. The highest BCUT2D eigenvalue weighted by Crippen LogP contribution is 2.26. The fraction of sp³-hybridized carbons (Fsp3) is 0.522. The van der Waals surface area contributed by atoms with E-state index in [1.807, 2.05) is 49.9 Å². The molecule has 0 radical (unpaired) electrons. The molecule has 2 heterocycles. The molecule has 0 aliphatic carbocycles. The van der Waals surface area contributed by atoms with Crippen LogP contribution in [0.5, 0.6) is 0 Å². The molecule has 1 fully saturated rings. The second kappa shape index (κ2) is 9.21. The molecule has 1 amide bonds. The Bertz CT molecular complexity index is 913. The van der Waals surface area contributed by atoms with E-state index in [1.165, 1.54) is 5.56 Å². The maximum Gasteiger partial charge on any atom is 0.343 e. The second-order valence-corrected chi connectivity index (χ2v) is 8.67. The van der Waals surface area contributed by atoms with Crippen molar-refractivity contribution in [2.45, 2.75) is 78.6 Å². The van der Waals surface area contributed by atoms with Gasteiger partial charge in [0.15, 0.2) is 6.10 Å². The normalized spacial score (nSPS) is 20.1. The number of piperidine rings is 1. The van der Waals surface area contributed by atoms with E-state index in [9.17, 15) is 9.59 Å². The summed E-state index contributed by atoms with van der Waals surface area (Å²) in [5.74, 6) is -0.783. The first-order valence-corrected chi connectivity index (χ1v) is 10.9. The molecule has 7 heteroatoms. The average Bonchev–Trinajstić information content (AvgIpc) is 2.96. The number of ether oxygens (including phenoxy) is 1. The van der Waals surface area contributed by atoms with Crippen LogP contribution in [0.25, 0.3) is 0 Å². The molecule has 0 spiro atoms. The van der Waals surface area contributed by atoms with E-state index in [-0.39, 0.29) is 28.7 Å². The maximum atomic E-state index is 12.9. The van der Waals surface area contributed by atoms with Crippen LogP contribution in [0.15, 0.2) is 24.3 Å². The van der Waals surface area contributed by atoms with Crippen molar-refractivity contribution in [2.24, 2.45) is 0 Å². The summed E-state index contributed by atoms with van der Waals surface area (Å²) in [6, 6.07) is 8.33. The van der Waals surface area contributed by atoms with Gasteiger partial charge in [0, 0.05) is 12.1 Å². The Morgan fingerprint density at radius 2 is 1.77 bits per heavy atom. The highest BCUT2D eigenvalue weighted by molar-refractivity contribution is 6.32. The lowest BCUT2D eigenvalue weighted by atomic mass is 9.97. The number of carbonyl (C=O) groups is 2. The molecule has 2 aromatic rings. The quantitative estimate of drug-likeness (QED) is 0.652. The van der Waals surface area contributed by atoms with Gasteiger partial charge < -0.3 is 9.64 Å². The highest BCUT2D eigenvalue weighted by Gasteiger charge is 2.34. The lowest BCUT2D eigenvalue weighted by molar-refractivity contribution is -0.146. The van der Waals surface area contributed by atoms with Crippen LogP contribution in [0.1, 0.15) is 67.2 Å². The lowest BCUT2D eigenvalue weighted by Gasteiger charge is -2.40. The summed E-state index contributed by atoms with van der Waals surface area (Å²) < 4.78 is 7.10. The van der Waals surface area contributed by atoms with E-state index in [4.69, 9.17) is 16.3 Å². The van der Waals surface area contributed by atoms with Gasteiger partial charge in [-0.05, 0) is 59.4 Å². The van der Waals surface area contributed by atoms with E-state index in [1.54, 1.807) is 18.5 Å². The third-order valence-corrected chi connectivity index (χ3v) is 6.19. The summed E-state index contributed by atoms with van der Waals surface area (Å²) in [7, 11) is 0. The Hall–Kier alpha value is -2.34. The first kappa shape index (κ1) is 22.3. The van der Waals surface area contributed by atoms with Gasteiger partial charge in [-0.3, -0.25) is 4.79 Å². The molecule has 1 aromatic heterocycles. The minimum absolute atomic E-state index is 0.144. The molecule has 1 saturated heterocycles. The standard InChI is InChI=1S/C23H30ClN3O3/c1-14-9-11-19(12-10-14)13-26-21(24)20(17(4)25-26)23(29)30-18(5)22(28)27-15(2)7-6-8-16(27)3/h9-12,15-16,18H,6-8,13H2,1-5H3/t15-,16+,18-/m1/s1. The lowest BCUT2D eigenvalue weighted by Crippen LogP contribution is -2.51. The van der Waals surface area contributed by atoms with Crippen molar-refractivity contribution in [1.82, 2.24) is 14.7 Å². The molecule has 1 aromatic carbocycles. The second-order valence-electron chi connectivity index (χ2n) is 8.32. The number of carbonyl (C=O) groups excluding carboxylic acids is 2. The van der Waals surface area contributed by atoms with Gasteiger partial charge in [0.05, 0.1) is 12.2 Å². The molecule has 6 nitrogen and oxygen atoms in total. The molecule has 0 bridgehead atoms. The SMILES string of the molecule is Cc1ccc(Cn2nc(C)c(C(=O)O[C@H](C)C(=O)N3[C@H](C)CCC[C@@H]3C)c2Cl)cc1. The third kappa shape index (κ3) is 4.69. The van der Waals surface area contributed by atoms with Crippen LogP contribution in [0, 0.1) is 13.8 Å². The predicted octanol–water partition coefficient (Wildman–Crippen LogP) is 4.54. The largest absolute Gasteiger partial charge is 0.449 e. The molecule has 0 unspecified atom stereocenters. The molecule has 0 N–H and O–H groups in total. The summed E-state index contributed by atoms with van der Waals surface area (Å²) in [6.07, 6.45) is 2.16. The Kier molecular flexibility index (Phi) is 6.86. The van der Waals surface area contributed by atoms with Crippen molar-refractivity contribution in [3.05, 3.63) is 51.8 Å². The van der Waals surface area contributed by atoms with Crippen LogP contribution in [0.4, 0.5) is 0 Å². The third-order valence-electron chi connectivity index (χ3n) is 5.80. The molecule has 0 saturated carbocycles. The Labute approximate surface area is 183 Å². The van der Waals surface area contributed by atoms with E-state index in [0.29, 0.717) is 12.2 Å². The minimum Gasteiger partial charge on any atom is -0.449 e. The molecule has 162 valence electrons. The van der Waals surface area contributed by atoms with Gasteiger partial charge in [-0.1, -0.05) is 41.4 Å². The van der Waals surface area contributed by atoms with Gasteiger partial charge in [0.25, 0.3) is 5.91 Å². The molecule has 1 aliphatic rings. The zero-order valence-electron chi connectivity index (χ0n) is 18.3.